The minimum absolute atomic E-state index is 0.113. The van der Waals surface area contributed by atoms with Crippen LogP contribution in [0.5, 0.6) is 0 Å². The molecule has 1 aliphatic heterocycles. The molecule has 1 fully saturated rings. The fraction of sp³-hybridized carbons (Fsp3) is 0.278. The van der Waals surface area contributed by atoms with Crippen molar-refractivity contribution in [2.45, 2.75) is 18.6 Å². The van der Waals surface area contributed by atoms with E-state index in [1.54, 1.807) is 6.07 Å². The molecular weight excluding hydrogens is 338 g/mol. The molecule has 2 aromatic carbocycles. The molecule has 1 saturated heterocycles. The van der Waals surface area contributed by atoms with Crippen molar-refractivity contribution in [1.29, 1.82) is 0 Å². The number of ether oxygens (including phenoxy) is 1. The summed E-state index contributed by atoms with van der Waals surface area (Å²) >= 11 is 0. The first-order valence-electron chi connectivity index (χ1n) is 8.30. The van der Waals surface area contributed by atoms with Crippen LogP contribution in [0.25, 0.3) is 0 Å². The van der Waals surface area contributed by atoms with E-state index in [1.165, 1.54) is 17.0 Å². The number of hydrogen-bond donors (Lipinski definition) is 2. The van der Waals surface area contributed by atoms with E-state index < -0.39 is 17.1 Å². The number of benzene rings is 2. The number of fused-ring (bicyclic) bond motifs is 1. The number of aliphatic hydroxyl groups is 1. The number of anilines is 2. The highest BCUT2D eigenvalue weighted by Crippen LogP contribution is 2.38. The Hall–Kier alpha value is -3.13. The maximum Gasteiger partial charge on any atom is 0.414 e. The predicted molar refractivity (Wildman–Crippen MR) is 94.3 cm³/mol. The van der Waals surface area contributed by atoms with Gasteiger partial charge in [0.1, 0.15) is 6.61 Å². The van der Waals surface area contributed by atoms with Crippen molar-refractivity contribution in [2.24, 2.45) is 0 Å². The van der Waals surface area contributed by atoms with Gasteiger partial charge in [0, 0.05) is 18.6 Å². The van der Waals surface area contributed by atoms with Crippen LogP contribution in [0.15, 0.2) is 42.5 Å². The van der Waals surface area contributed by atoms with Gasteiger partial charge in [-0.15, -0.1) is 0 Å². The van der Waals surface area contributed by atoms with E-state index in [2.05, 4.69) is 5.32 Å². The van der Waals surface area contributed by atoms with Crippen LogP contribution in [0.4, 0.5) is 21.9 Å². The third-order valence-corrected chi connectivity index (χ3v) is 4.76. The number of carbonyl (C=O) groups excluding carboxylic acids is 1. The summed E-state index contributed by atoms with van der Waals surface area (Å²) in [6.45, 7) is 0.550. The molecule has 0 aromatic heterocycles. The summed E-state index contributed by atoms with van der Waals surface area (Å²) in [6.07, 6.45) is -0.635. The number of amides is 1. The Morgan fingerprint density at radius 2 is 2.08 bits per heavy atom. The van der Waals surface area contributed by atoms with Crippen molar-refractivity contribution < 1.29 is 19.6 Å². The summed E-state index contributed by atoms with van der Waals surface area (Å²) in [4.78, 5) is 24.0. The van der Waals surface area contributed by atoms with E-state index >= 15 is 0 Å². The summed E-state index contributed by atoms with van der Waals surface area (Å²) in [5.74, 6) is 0. The summed E-state index contributed by atoms with van der Waals surface area (Å²) in [6, 6.07) is 11.7. The number of cyclic esters (lactones) is 1. The Bertz CT molecular complexity index is 885. The number of nitrogens with zero attached hydrogens (tertiary/aromatic N) is 2. The molecule has 0 radical (unpaired) electrons. The van der Waals surface area contributed by atoms with Gasteiger partial charge in [-0.25, -0.2) is 4.79 Å². The van der Waals surface area contributed by atoms with Gasteiger partial charge >= 0.3 is 6.09 Å². The molecule has 4 rings (SSSR count). The fourth-order valence-electron chi connectivity index (χ4n) is 3.51. The van der Waals surface area contributed by atoms with E-state index in [1.807, 2.05) is 24.3 Å². The number of non-ortho nitro benzene ring substituents is 1. The molecule has 26 heavy (non-hydrogen) atoms. The van der Waals surface area contributed by atoms with Gasteiger partial charge in [0.25, 0.3) is 5.69 Å². The zero-order valence-electron chi connectivity index (χ0n) is 13.8. The van der Waals surface area contributed by atoms with Crippen molar-refractivity contribution in [3.63, 3.8) is 0 Å². The monoisotopic (exact) mass is 355 g/mol. The lowest BCUT2D eigenvalue weighted by Crippen LogP contribution is -2.27. The Morgan fingerprint density at radius 3 is 2.81 bits per heavy atom. The zero-order chi connectivity index (χ0) is 18.3. The van der Waals surface area contributed by atoms with Gasteiger partial charge in [-0.3, -0.25) is 15.0 Å². The molecule has 134 valence electrons. The van der Waals surface area contributed by atoms with Crippen molar-refractivity contribution in [3.8, 4) is 0 Å². The van der Waals surface area contributed by atoms with Gasteiger partial charge in [-0.2, -0.15) is 0 Å². The van der Waals surface area contributed by atoms with Gasteiger partial charge in [-0.1, -0.05) is 24.3 Å². The van der Waals surface area contributed by atoms with E-state index in [0.717, 1.165) is 11.1 Å². The minimum atomic E-state index is -0.624. The third-order valence-electron chi connectivity index (χ3n) is 4.76. The average Bonchev–Trinajstić information content (AvgIpc) is 3.18. The lowest BCUT2D eigenvalue weighted by Gasteiger charge is -2.23. The van der Waals surface area contributed by atoms with Crippen LogP contribution in [0.2, 0.25) is 0 Å². The molecule has 2 aliphatic rings. The predicted octanol–water partition coefficient (Wildman–Crippen LogP) is 2.62. The molecule has 1 aliphatic carbocycles. The minimum Gasteiger partial charge on any atom is -0.447 e. The molecule has 2 atom stereocenters. The molecule has 0 bridgehead atoms. The number of carbonyl (C=O) groups is 1. The first-order valence-corrected chi connectivity index (χ1v) is 8.30. The number of hydrogen-bond acceptors (Lipinski definition) is 6. The van der Waals surface area contributed by atoms with Crippen LogP contribution in [-0.2, 0) is 11.2 Å². The Labute approximate surface area is 149 Å². The molecule has 1 heterocycles. The molecule has 0 unspecified atom stereocenters. The standard InChI is InChI=1S/C18H17N3O5/c22-16-9-11-3-1-2-4-13(11)17(16)19-14-6-5-12(21(24)25)10-15(14)20-7-8-26-18(20)23/h1-6,10,16-17,19,22H,7-9H2/t16-,17+/m1/s1. The van der Waals surface area contributed by atoms with Crippen LogP contribution in [-0.4, -0.2) is 35.4 Å². The Kier molecular flexibility index (Phi) is 3.96. The lowest BCUT2D eigenvalue weighted by atomic mass is 10.1. The number of rotatable bonds is 4. The van der Waals surface area contributed by atoms with Crippen molar-refractivity contribution in [2.75, 3.05) is 23.4 Å². The van der Waals surface area contributed by atoms with Crippen LogP contribution >= 0.6 is 0 Å². The number of aliphatic hydroxyl groups excluding tert-OH is 1. The van der Waals surface area contributed by atoms with Crippen molar-refractivity contribution in [1.82, 2.24) is 0 Å². The first kappa shape index (κ1) is 16.3. The second-order valence-electron chi connectivity index (χ2n) is 6.32. The van der Waals surface area contributed by atoms with Gasteiger partial charge < -0.3 is 15.2 Å². The topological polar surface area (TPSA) is 105 Å². The number of nitro groups is 1. The summed E-state index contributed by atoms with van der Waals surface area (Å²) < 4.78 is 4.96. The maximum atomic E-state index is 12.0. The normalized spacial score (nSPS) is 21.4. The average molecular weight is 355 g/mol. The van der Waals surface area contributed by atoms with E-state index in [-0.39, 0.29) is 18.3 Å². The second-order valence-corrected chi connectivity index (χ2v) is 6.32. The number of nitrogens with one attached hydrogen (secondary N) is 1. The highest BCUT2D eigenvalue weighted by atomic mass is 16.6. The van der Waals surface area contributed by atoms with Crippen molar-refractivity contribution in [3.05, 3.63) is 63.7 Å². The summed E-state index contributed by atoms with van der Waals surface area (Å²) in [5, 5.41) is 24.8. The molecule has 2 N–H and O–H groups in total. The quantitative estimate of drug-likeness (QED) is 0.645. The third kappa shape index (κ3) is 2.74. The van der Waals surface area contributed by atoms with Gasteiger partial charge in [-0.05, 0) is 17.2 Å². The number of nitro benzene ring substituents is 1. The Balaban J connectivity index is 1.72. The van der Waals surface area contributed by atoms with Gasteiger partial charge in [0.05, 0.1) is 35.0 Å². The highest BCUT2D eigenvalue weighted by Gasteiger charge is 2.33. The highest BCUT2D eigenvalue weighted by molar-refractivity contribution is 5.94. The summed E-state index contributed by atoms with van der Waals surface area (Å²) in [5.41, 5.74) is 2.83. The first-order chi connectivity index (χ1) is 12.5. The molecule has 0 saturated carbocycles. The molecule has 8 heteroatoms. The SMILES string of the molecule is O=C1OCCN1c1cc([N+](=O)[O-])ccc1N[C@H]1c2ccccc2C[C@H]1O. The van der Waals surface area contributed by atoms with Crippen LogP contribution in [0.1, 0.15) is 17.2 Å². The van der Waals surface area contributed by atoms with Crippen LogP contribution in [0.3, 0.4) is 0 Å². The van der Waals surface area contributed by atoms with E-state index in [9.17, 15) is 20.0 Å². The van der Waals surface area contributed by atoms with E-state index in [0.29, 0.717) is 24.3 Å². The zero-order valence-corrected chi connectivity index (χ0v) is 13.8. The van der Waals surface area contributed by atoms with E-state index in [4.69, 9.17) is 4.74 Å². The smallest absolute Gasteiger partial charge is 0.414 e. The fourth-order valence-corrected chi connectivity index (χ4v) is 3.51. The Morgan fingerprint density at radius 1 is 1.27 bits per heavy atom. The van der Waals surface area contributed by atoms with Crippen LogP contribution < -0.4 is 10.2 Å². The molecule has 8 nitrogen and oxygen atoms in total. The molecule has 0 spiro atoms. The van der Waals surface area contributed by atoms with Gasteiger partial charge in [0.15, 0.2) is 0 Å². The summed E-state index contributed by atoms with van der Waals surface area (Å²) in [7, 11) is 0. The molecule has 1 amide bonds. The lowest BCUT2D eigenvalue weighted by molar-refractivity contribution is -0.384. The second kappa shape index (κ2) is 6.30. The van der Waals surface area contributed by atoms with Gasteiger partial charge in [0.2, 0.25) is 0 Å². The largest absolute Gasteiger partial charge is 0.447 e. The van der Waals surface area contributed by atoms with Crippen LogP contribution in [0, 0.1) is 10.1 Å². The molecule has 2 aromatic rings. The maximum absolute atomic E-state index is 12.0. The van der Waals surface area contributed by atoms with Crippen molar-refractivity contribution >= 4 is 23.2 Å². The molecular formula is C18H17N3O5.